The number of hydrazine groups is 1. The second kappa shape index (κ2) is 11.1. The van der Waals surface area contributed by atoms with E-state index in [-0.39, 0.29) is 35.5 Å². The van der Waals surface area contributed by atoms with Crippen molar-refractivity contribution in [2.24, 2.45) is 0 Å². The summed E-state index contributed by atoms with van der Waals surface area (Å²) in [5.74, 6) is 0.435. The zero-order valence-electron chi connectivity index (χ0n) is 20.7. The summed E-state index contributed by atoms with van der Waals surface area (Å²) in [5, 5.41) is 17.6. The summed E-state index contributed by atoms with van der Waals surface area (Å²) in [6, 6.07) is 4.51. The van der Waals surface area contributed by atoms with Crippen LogP contribution in [0.4, 0.5) is 0 Å². The van der Waals surface area contributed by atoms with Crippen molar-refractivity contribution in [1.82, 2.24) is 30.3 Å². The number of sulfonamides is 1. The lowest BCUT2D eigenvalue weighted by atomic mass is 9.94. The number of carbonyl (C=O) groups excluding carboxylic acids is 1. The first-order valence-corrected chi connectivity index (χ1v) is 13.9. The average Bonchev–Trinajstić information content (AvgIpc) is 3.15. The predicted molar refractivity (Wildman–Crippen MR) is 131 cm³/mol. The number of hydrogen-bond acceptors (Lipinski definition) is 9. The maximum atomic E-state index is 13.5. The van der Waals surface area contributed by atoms with Gasteiger partial charge in [0.05, 0.1) is 24.2 Å². The van der Waals surface area contributed by atoms with E-state index in [1.165, 1.54) is 4.31 Å². The van der Waals surface area contributed by atoms with Gasteiger partial charge in [0.25, 0.3) is 0 Å². The topological polar surface area (TPSA) is 126 Å². The molecule has 11 nitrogen and oxygen atoms in total. The van der Waals surface area contributed by atoms with E-state index in [4.69, 9.17) is 9.84 Å². The Labute approximate surface area is 207 Å². The number of fused-ring (bicyclic) bond motifs is 1. The van der Waals surface area contributed by atoms with Gasteiger partial charge < -0.3 is 15.2 Å². The average molecular weight is 511 g/mol. The smallest absolute Gasteiger partial charge is 0.243 e. The zero-order chi connectivity index (χ0) is 25.2. The highest BCUT2D eigenvalue weighted by atomic mass is 32.2. The zero-order valence-corrected chi connectivity index (χ0v) is 21.6. The molecular weight excluding hydrogens is 472 g/mol. The van der Waals surface area contributed by atoms with Crippen LogP contribution < -0.4 is 20.8 Å². The summed E-state index contributed by atoms with van der Waals surface area (Å²) in [5.41, 5.74) is 3.99. The first kappa shape index (κ1) is 26.3. The van der Waals surface area contributed by atoms with Crippen LogP contribution in [-0.2, 0) is 14.8 Å². The molecule has 0 aliphatic carbocycles. The lowest BCUT2D eigenvalue weighted by Gasteiger charge is -2.37. The summed E-state index contributed by atoms with van der Waals surface area (Å²) in [6.07, 6.45) is 1.31. The van der Waals surface area contributed by atoms with E-state index in [1.807, 2.05) is 23.9 Å². The van der Waals surface area contributed by atoms with Crippen LogP contribution in [0.2, 0.25) is 0 Å². The molecule has 0 bridgehead atoms. The van der Waals surface area contributed by atoms with Crippen molar-refractivity contribution < 1.29 is 23.1 Å². The molecule has 1 aromatic rings. The Morgan fingerprint density at radius 1 is 1.17 bits per heavy atom. The molecule has 4 unspecified atom stereocenters. The Morgan fingerprint density at radius 2 is 1.91 bits per heavy atom. The first-order chi connectivity index (χ1) is 16.8. The van der Waals surface area contributed by atoms with Crippen LogP contribution in [0.3, 0.4) is 0 Å². The van der Waals surface area contributed by atoms with Crippen molar-refractivity contribution in [2.45, 2.75) is 55.9 Å². The maximum Gasteiger partial charge on any atom is 0.243 e. The molecule has 3 aliphatic rings. The molecule has 0 saturated carbocycles. The number of piperazine rings is 1. The van der Waals surface area contributed by atoms with Crippen molar-refractivity contribution in [3.63, 3.8) is 0 Å². The minimum Gasteiger partial charge on any atom is -0.493 e. The molecule has 3 fully saturated rings. The van der Waals surface area contributed by atoms with Crippen molar-refractivity contribution in [3.8, 4) is 5.75 Å². The molecule has 1 amide bonds. The molecule has 3 aliphatic heterocycles. The molecular formula is C23H38N6O5S. The van der Waals surface area contributed by atoms with Crippen LogP contribution >= 0.6 is 0 Å². The standard InChI is InChI=1S/C23H38N6O5S/c1-4-6-18-20-21(27(3)26-18)23(31)25-22(24-20)17-15-16(7-8-19(17)34-5-2)35(32,33)29-11-9-28(10-12-29)13-14-30/h7-8,15,18,20-22,24,26,30H,4-6,9-14H2,1-3H3,(H,25,31). The highest BCUT2D eigenvalue weighted by Crippen LogP contribution is 2.33. The fourth-order valence-electron chi connectivity index (χ4n) is 5.30. The molecule has 0 radical (unpaired) electrons. The van der Waals surface area contributed by atoms with Crippen molar-refractivity contribution in [3.05, 3.63) is 23.8 Å². The van der Waals surface area contributed by atoms with Gasteiger partial charge in [-0.25, -0.2) is 18.9 Å². The van der Waals surface area contributed by atoms with Crippen molar-refractivity contribution in [2.75, 3.05) is 53.0 Å². The van der Waals surface area contributed by atoms with Gasteiger partial charge in [-0.3, -0.25) is 15.0 Å². The quantitative estimate of drug-likeness (QED) is 0.346. The maximum absolute atomic E-state index is 13.5. The Morgan fingerprint density at radius 3 is 2.57 bits per heavy atom. The number of nitrogens with zero attached hydrogens (tertiary/aromatic N) is 3. The number of carbonyl (C=O) groups is 1. The predicted octanol–water partition coefficient (Wildman–Crippen LogP) is -0.542. The molecule has 12 heteroatoms. The van der Waals surface area contributed by atoms with Crippen LogP contribution in [-0.4, -0.2) is 105 Å². The van der Waals surface area contributed by atoms with Crippen molar-refractivity contribution in [1.29, 1.82) is 0 Å². The number of hydrogen-bond donors (Lipinski definition) is 4. The number of aliphatic hydroxyl groups excluding tert-OH is 1. The normalized spacial score (nSPS) is 28.6. The summed E-state index contributed by atoms with van der Waals surface area (Å²) in [4.78, 5) is 15.3. The van der Waals surface area contributed by atoms with E-state index in [9.17, 15) is 13.2 Å². The van der Waals surface area contributed by atoms with Gasteiger partial charge in [0.1, 0.15) is 18.0 Å². The summed E-state index contributed by atoms with van der Waals surface area (Å²) >= 11 is 0. The molecule has 0 aromatic heterocycles. The first-order valence-electron chi connectivity index (χ1n) is 12.5. The molecule has 3 heterocycles. The number of amides is 1. The number of nitrogens with one attached hydrogen (secondary N) is 3. The fourth-order valence-corrected chi connectivity index (χ4v) is 6.76. The second-order valence-electron chi connectivity index (χ2n) is 9.32. The Kier molecular flexibility index (Phi) is 8.31. The Hall–Kier alpha value is -1.80. The molecule has 4 atom stereocenters. The fraction of sp³-hybridized carbons (Fsp3) is 0.696. The van der Waals surface area contributed by atoms with Crippen LogP contribution in [0.5, 0.6) is 5.75 Å². The minimum atomic E-state index is -3.72. The summed E-state index contributed by atoms with van der Waals surface area (Å²) in [7, 11) is -1.86. The highest BCUT2D eigenvalue weighted by molar-refractivity contribution is 7.89. The summed E-state index contributed by atoms with van der Waals surface area (Å²) < 4.78 is 34.3. The van der Waals surface area contributed by atoms with Gasteiger partial charge in [0.2, 0.25) is 15.9 Å². The van der Waals surface area contributed by atoms with Gasteiger partial charge in [-0.2, -0.15) is 4.31 Å². The van der Waals surface area contributed by atoms with Crippen LogP contribution in [0.15, 0.2) is 23.1 Å². The molecule has 4 rings (SSSR count). The van der Waals surface area contributed by atoms with Crippen LogP contribution in [0.1, 0.15) is 38.4 Å². The number of aliphatic hydroxyl groups is 1. The number of likely N-dealkylation sites (N-methyl/N-ethyl adjacent to an activating group) is 1. The number of benzene rings is 1. The SMILES string of the molecule is CCCC1NN(C)C2C(=O)NC(c3cc(S(=O)(=O)N4CCN(CCO)CC4)ccc3OCC)NC12. The largest absolute Gasteiger partial charge is 0.493 e. The van der Waals surface area contributed by atoms with E-state index in [2.05, 4.69) is 23.0 Å². The lowest BCUT2D eigenvalue weighted by Crippen LogP contribution is -2.62. The van der Waals surface area contributed by atoms with E-state index in [0.717, 1.165) is 12.8 Å². The third-order valence-electron chi connectivity index (χ3n) is 7.05. The highest BCUT2D eigenvalue weighted by Gasteiger charge is 2.48. The van der Waals surface area contributed by atoms with Gasteiger partial charge in [0.15, 0.2) is 0 Å². The molecule has 0 spiro atoms. The molecule has 3 saturated heterocycles. The van der Waals surface area contributed by atoms with Crippen molar-refractivity contribution >= 4 is 15.9 Å². The molecule has 1 aromatic carbocycles. The monoisotopic (exact) mass is 510 g/mol. The number of rotatable bonds is 9. The second-order valence-corrected chi connectivity index (χ2v) is 11.3. The minimum absolute atomic E-state index is 0.0569. The van der Waals surface area contributed by atoms with Crippen LogP contribution in [0, 0.1) is 0 Å². The van der Waals surface area contributed by atoms with Gasteiger partial charge >= 0.3 is 0 Å². The van der Waals surface area contributed by atoms with Gasteiger partial charge in [-0.05, 0) is 31.5 Å². The lowest BCUT2D eigenvalue weighted by molar-refractivity contribution is -0.129. The van der Waals surface area contributed by atoms with E-state index < -0.39 is 16.2 Å². The molecule has 35 heavy (non-hydrogen) atoms. The molecule has 4 N–H and O–H groups in total. The number of β-amino-alcohol motifs (C(OH)–C–C–N with tert-alkyl or cyclic N) is 1. The van der Waals surface area contributed by atoms with E-state index >= 15 is 0 Å². The van der Waals surface area contributed by atoms with Gasteiger partial charge in [-0.1, -0.05) is 13.3 Å². The van der Waals surface area contributed by atoms with E-state index in [0.29, 0.717) is 50.6 Å². The van der Waals surface area contributed by atoms with E-state index in [1.54, 1.807) is 18.2 Å². The van der Waals surface area contributed by atoms with Crippen LogP contribution in [0.25, 0.3) is 0 Å². The third kappa shape index (κ3) is 5.33. The summed E-state index contributed by atoms with van der Waals surface area (Å²) in [6.45, 7) is 6.88. The van der Waals surface area contributed by atoms with Gasteiger partial charge in [-0.15, -0.1) is 0 Å². The van der Waals surface area contributed by atoms with Gasteiger partial charge in [0, 0.05) is 51.4 Å². The number of ether oxygens (including phenoxy) is 1. The third-order valence-corrected chi connectivity index (χ3v) is 8.95. The Bertz CT molecular complexity index is 1000. The molecule has 196 valence electrons. The Balaban J connectivity index is 1.61.